The van der Waals surface area contributed by atoms with Gasteiger partial charge >= 0.3 is 0 Å². The maximum absolute atomic E-state index is 12.7. The topological polar surface area (TPSA) is 110 Å². The summed E-state index contributed by atoms with van der Waals surface area (Å²) in [6, 6.07) is 3.99. The monoisotopic (exact) mass is 419 g/mol. The van der Waals surface area contributed by atoms with E-state index in [4.69, 9.17) is 4.74 Å². The Kier molecular flexibility index (Phi) is 6.21. The van der Waals surface area contributed by atoms with Gasteiger partial charge < -0.3 is 9.64 Å². The summed E-state index contributed by atoms with van der Waals surface area (Å²) in [4.78, 5) is 50.6. The number of carbonyl (C=O) groups excluding carboxylic acids is 3. The third-order valence-electron chi connectivity index (χ3n) is 5.01. The van der Waals surface area contributed by atoms with Gasteiger partial charge in [0.2, 0.25) is 5.91 Å². The first-order valence-electron chi connectivity index (χ1n) is 9.15. The number of amides is 3. The van der Waals surface area contributed by atoms with E-state index in [1.165, 1.54) is 31.4 Å². The summed E-state index contributed by atoms with van der Waals surface area (Å²) >= 11 is 0.701. The lowest BCUT2D eigenvalue weighted by molar-refractivity contribution is -0.384. The van der Waals surface area contributed by atoms with Crippen molar-refractivity contribution in [1.29, 1.82) is 0 Å². The molecule has 3 amide bonds. The van der Waals surface area contributed by atoms with Gasteiger partial charge in [0.25, 0.3) is 16.8 Å². The van der Waals surface area contributed by atoms with Crippen LogP contribution < -0.4 is 4.74 Å². The van der Waals surface area contributed by atoms with Crippen molar-refractivity contribution in [3.63, 3.8) is 0 Å². The second-order valence-electron chi connectivity index (χ2n) is 7.01. The highest BCUT2D eigenvalue weighted by Crippen LogP contribution is 2.35. The lowest BCUT2D eigenvalue weighted by atomic mass is 9.99. The van der Waals surface area contributed by atoms with Gasteiger partial charge in [-0.15, -0.1) is 0 Å². The maximum atomic E-state index is 12.7. The van der Waals surface area contributed by atoms with Gasteiger partial charge in [0, 0.05) is 30.8 Å². The second kappa shape index (κ2) is 8.64. The molecule has 0 radical (unpaired) electrons. The van der Waals surface area contributed by atoms with Gasteiger partial charge in [-0.2, -0.15) is 0 Å². The normalized spacial score (nSPS) is 19.2. The summed E-state index contributed by atoms with van der Waals surface area (Å²) in [5.41, 5.74) is 0.148. The zero-order valence-corrected chi connectivity index (χ0v) is 16.9. The lowest BCUT2D eigenvalue weighted by Crippen LogP contribution is -2.45. The summed E-state index contributed by atoms with van der Waals surface area (Å²) in [5, 5.41) is 10.5. The SMILES string of the molecule is COc1ccc([N+](=O)[O-])cc1/C=C1/SC(=O)N(CC(=O)N2CCC(C)CC2)C1=O. The van der Waals surface area contributed by atoms with E-state index < -0.39 is 16.1 Å². The summed E-state index contributed by atoms with van der Waals surface area (Å²) in [6.45, 7) is 3.07. The number of hydrogen-bond acceptors (Lipinski definition) is 7. The van der Waals surface area contributed by atoms with Gasteiger partial charge in [0.1, 0.15) is 12.3 Å². The molecule has 154 valence electrons. The van der Waals surface area contributed by atoms with Crippen LogP contribution in [0.4, 0.5) is 10.5 Å². The van der Waals surface area contributed by atoms with Crippen LogP contribution in [0.3, 0.4) is 0 Å². The summed E-state index contributed by atoms with van der Waals surface area (Å²) < 4.78 is 5.18. The molecule has 9 nitrogen and oxygen atoms in total. The Morgan fingerprint density at radius 1 is 1.34 bits per heavy atom. The van der Waals surface area contributed by atoms with Gasteiger partial charge in [0.05, 0.1) is 16.9 Å². The first-order valence-corrected chi connectivity index (χ1v) is 9.97. The minimum absolute atomic E-state index is 0.0915. The van der Waals surface area contributed by atoms with Crippen LogP contribution in [0, 0.1) is 16.0 Å². The van der Waals surface area contributed by atoms with Gasteiger partial charge in [-0.25, -0.2) is 0 Å². The highest BCUT2D eigenvalue weighted by Gasteiger charge is 2.37. The Balaban J connectivity index is 1.77. The molecule has 2 fully saturated rings. The first-order chi connectivity index (χ1) is 13.8. The quantitative estimate of drug-likeness (QED) is 0.410. The van der Waals surface area contributed by atoms with Crippen molar-refractivity contribution in [2.24, 2.45) is 5.92 Å². The van der Waals surface area contributed by atoms with Gasteiger partial charge in [-0.3, -0.25) is 29.4 Å². The van der Waals surface area contributed by atoms with Gasteiger partial charge in [-0.1, -0.05) is 6.92 Å². The molecule has 1 aromatic carbocycles. The molecule has 29 heavy (non-hydrogen) atoms. The number of hydrogen-bond donors (Lipinski definition) is 0. The number of carbonyl (C=O) groups is 3. The Labute approximate surface area is 171 Å². The van der Waals surface area contributed by atoms with E-state index in [1.807, 2.05) is 0 Å². The summed E-state index contributed by atoms with van der Waals surface area (Å²) in [5.74, 6) is 0.0469. The number of nitro groups is 1. The number of benzene rings is 1. The number of likely N-dealkylation sites (tertiary alicyclic amines) is 1. The molecule has 0 aliphatic carbocycles. The van der Waals surface area contributed by atoms with E-state index in [0.29, 0.717) is 42.1 Å². The van der Waals surface area contributed by atoms with Crippen molar-refractivity contribution < 1.29 is 24.0 Å². The Morgan fingerprint density at radius 3 is 2.66 bits per heavy atom. The van der Waals surface area contributed by atoms with Gasteiger partial charge in [-0.05, 0) is 42.7 Å². The molecule has 0 aromatic heterocycles. The molecular formula is C19H21N3O6S. The molecule has 10 heteroatoms. The third kappa shape index (κ3) is 4.58. The number of thioether (sulfide) groups is 1. The zero-order valence-electron chi connectivity index (χ0n) is 16.1. The minimum atomic E-state index is -0.590. The lowest BCUT2D eigenvalue weighted by Gasteiger charge is -2.31. The molecule has 0 atom stereocenters. The largest absolute Gasteiger partial charge is 0.496 e. The zero-order chi connectivity index (χ0) is 21.1. The van der Waals surface area contributed by atoms with E-state index in [9.17, 15) is 24.5 Å². The Morgan fingerprint density at radius 2 is 2.03 bits per heavy atom. The van der Waals surface area contributed by atoms with Crippen molar-refractivity contribution in [3.8, 4) is 5.75 Å². The summed E-state index contributed by atoms with van der Waals surface area (Å²) in [6.07, 6.45) is 3.18. The van der Waals surface area contributed by atoms with E-state index in [-0.39, 0.29) is 23.0 Å². The number of methoxy groups -OCH3 is 1. The van der Waals surface area contributed by atoms with Crippen LogP contribution in [0.2, 0.25) is 0 Å². The van der Waals surface area contributed by atoms with Crippen molar-refractivity contribution in [2.75, 3.05) is 26.7 Å². The number of nitro benzene ring substituents is 1. The van der Waals surface area contributed by atoms with Crippen LogP contribution >= 0.6 is 11.8 Å². The van der Waals surface area contributed by atoms with Crippen LogP contribution in [0.5, 0.6) is 5.75 Å². The molecule has 0 N–H and O–H groups in total. The minimum Gasteiger partial charge on any atom is -0.496 e. The molecule has 3 rings (SSSR count). The van der Waals surface area contributed by atoms with Crippen molar-refractivity contribution in [2.45, 2.75) is 19.8 Å². The molecule has 2 heterocycles. The molecule has 2 aliphatic heterocycles. The molecule has 2 saturated heterocycles. The predicted molar refractivity (Wildman–Crippen MR) is 107 cm³/mol. The van der Waals surface area contributed by atoms with E-state index in [2.05, 4.69) is 6.92 Å². The van der Waals surface area contributed by atoms with Crippen molar-refractivity contribution in [3.05, 3.63) is 38.8 Å². The van der Waals surface area contributed by atoms with Crippen LogP contribution in [0.15, 0.2) is 23.1 Å². The van der Waals surface area contributed by atoms with E-state index >= 15 is 0 Å². The highest BCUT2D eigenvalue weighted by atomic mass is 32.2. The number of non-ortho nitro benzene ring substituents is 1. The Bertz CT molecular complexity index is 892. The fourth-order valence-corrected chi connectivity index (χ4v) is 4.05. The smallest absolute Gasteiger partial charge is 0.294 e. The molecule has 0 saturated carbocycles. The van der Waals surface area contributed by atoms with Crippen molar-refractivity contribution in [1.82, 2.24) is 9.80 Å². The fraction of sp³-hybridized carbons (Fsp3) is 0.421. The second-order valence-corrected chi connectivity index (χ2v) is 8.01. The average Bonchev–Trinajstić information content (AvgIpc) is 2.95. The van der Waals surface area contributed by atoms with Crippen LogP contribution in [0.25, 0.3) is 6.08 Å². The number of imide groups is 1. The van der Waals surface area contributed by atoms with Gasteiger partial charge in [0.15, 0.2) is 0 Å². The standard InChI is InChI=1S/C19H21N3O6S/c1-12-5-7-20(8-6-12)17(23)11-21-18(24)16(29-19(21)25)10-13-9-14(22(26)27)3-4-15(13)28-2/h3-4,9-10,12H,5-8,11H2,1-2H3/b16-10+. The van der Waals surface area contributed by atoms with Crippen LogP contribution in [0.1, 0.15) is 25.3 Å². The summed E-state index contributed by atoms with van der Waals surface area (Å²) in [7, 11) is 1.41. The number of nitrogens with zero attached hydrogens (tertiary/aromatic N) is 3. The molecule has 0 bridgehead atoms. The van der Waals surface area contributed by atoms with Crippen molar-refractivity contribution >= 4 is 40.6 Å². The number of ether oxygens (including phenoxy) is 1. The maximum Gasteiger partial charge on any atom is 0.294 e. The predicted octanol–water partition coefficient (Wildman–Crippen LogP) is 2.90. The van der Waals surface area contributed by atoms with E-state index in [0.717, 1.165) is 17.7 Å². The molecule has 0 unspecified atom stereocenters. The first kappa shape index (κ1) is 20.8. The third-order valence-corrected chi connectivity index (χ3v) is 5.92. The number of rotatable bonds is 5. The van der Waals surface area contributed by atoms with E-state index in [1.54, 1.807) is 4.90 Å². The number of piperidine rings is 1. The average molecular weight is 419 g/mol. The molecular weight excluding hydrogens is 398 g/mol. The Hall–Kier alpha value is -2.88. The molecule has 1 aromatic rings. The molecule has 2 aliphatic rings. The van der Waals surface area contributed by atoms with Crippen LogP contribution in [-0.2, 0) is 9.59 Å². The fourth-order valence-electron chi connectivity index (χ4n) is 3.22. The highest BCUT2D eigenvalue weighted by molar-refractivity contribution is 8.18. The van der Waals surface area contributed by atoms with Crippen LogP contribution in [-0.4, -0.2) is 58.5 Å². The molecule has 0 spiro atoms.